The summed E-state index contributed by atoms with van der Waals surface area (Å²) in [5.41, 5.74) is -0.326. The van der Waals surface area contributed by atoms with Crippen molar-refractivity contribution >= 4 is 29.5 Å². The maximum absolute atomic E-state index is 13.8. The van der Waals surface area contributed by atoms with E-state index in [2.05, 4.69) is 27.1 Å². The van der Waals surface area contributed by atoms with Crippen LogP contribution >= 0.6 is 11.6 Å². The lowest BCUT2D eigenvalue weighted by Gasteiger charge is -2.34. The van der Waals surface area contributed by atoms with E-state index in [1.54, 1.807) is 57.4 Å². The lowest BCUT2D eigenvalue weighted by Crippen LogP contribution is -2.44. The van der Waals surface area contributed by atoms with Crippen molar-refractivity contribution in [3.63, 3.8) is 0 Å². The molecule has 1 N–H and O–H groups in total. The fourth-order valence-electron chi connectivity index (χ4n) is 5.31. The second kappa shape index (κ2) is 13.4. The van der Waals surface area contributed by atoms with Crippen LogP contribution in [0.15, 0.2) is 36.7 Å². The molecule has 2 aromatic rings. The minimum absolute atomic E-state index is 0.0777. The maximum atomic E-state index is 13.8. The summed E-state index contributed by atoms with van der Waals surface area (Å²) in [5.74, 6) is -1.17. The van der Waals surface area contributed by atoms with Gasteiger partial charge in [-0.25, -0.2) is 23.5 Å². The summed E-state index contributed by atoms with van der Waals surface area (Å²) in [7, 11) is 0. The Kier molecular flexibility index (Phi) is 10.1. The van der Waals surface area contributed by atoms with Crippen LogP contribution in [0.1, 0.15) is 65.0 Å². The molecular weight excluding hydrogens is 568 g/mol. The van der Waals surface area contributed by atoms with E-state index in [1.165, 1.54) is 0 Å². The van der Waals surface area contributed by atoms with Crippen molar-refractivity contribution in [2.45, 2.75) is 70.9 Å². The van der Waals surface area contributed by atoms with Crippen LogP contribution in [0.5, 0.6) is 5.75 Å². The number of benzene rings is 1. The standard InChI is InChI=1S/C30H40ClF2N5O4/c1-20(21-9-13-37(14-10-21)27-34-17-23(31)18-35-27)11-16-41-24-7-5-22(6-8-24)25(36-28(40)42-29(2,3)4)26(39)38-15-12-30(32,33)19-38/h5-8,17-18,20-21,25H,9-16,19H2,1-4H3,(H,36,40)/t20?,25-/m0/s1. The Hall–Kier alpha value is -3.21. The van der Waals surface area contributed by atoms with Gasteiger partial charge in [-0.05, 0) is 69.6 Å². The van der Waals surface area contributed by atoms with Crippen molar-refractivity contribution in [3.8, 4) is 5.75 Å². The van der Waals surface area contributed by atoms with Crippen molar-refractivity contribution in [1.29, 1.82) is 0 Å². The van der Waals surface area contributed by atoms with Crippen LogP contribution in [-0.2, 0) is 9.53 Å². The molecule has 0 radical (unpaired) electrons. The Morgan fingerprint density at radius 2 is 1.76 bits per heavy atom. The second-order valence-corrected chi connectivity index (χ2v) is 12.6. The Bertz CT molecular complexity index is 1200. The molecule has 12 heteroatoms. The summed E-state index contributed by atoms with van der Waals surface area (Å²) < 4.78 is 38.9. The Morgan fingerprint density at radius 1 is 1.12 bits per heavy atom. The van der Waals surface area contributed by atoms with Gasteiger partial charge in [-0.1, -0.05) is 30.7 Å². The van der Waals surface area contributed by atoms with Crippen molar-refractivity contribution in [1.82, 2.24) is 20.2 Å². The summed E-state index contributed by atoms with van der Waals surface area (Å²) in [5, 5.41) is 3.09. The van der Waals surface area contributed by atoms with Gasteiger partial charge in [0, 0.05) is 26.1 Å². The molecule has 2 fully saturated rings. The van der Waals surface area contributed by atoms with E-state index in [0.717, 1.165) is 37.3 Å². The molecule has 0 spiro atoms. The van der Waals surface area contributed by atoms with Crippen molar-refractivity contribution < 1.29 is 27.8 Å². The van der Waals surface area contributed by atoms with Gasteiger partial charge in [0.05, 0.1) is 30.6 Å². The summed E-state index contributed by atoms with van der Waals surface area (Å²) in [4.78, 5) is 37.6. The van der Waals surface area contributed by atoms with Crippen LogP contribution < -0.4 is 15.0 Å². The fourth-order valence-corrected chi connectivity index (χ4v) is 5.41. The number of ether oxygens (including phenoxy) is 2. The van der Waals surface area contributed by atoms with Crippen molar-refractivity contribution in [3.05, 3.63) is 47.2 Å². The summed E-state index contributed by atoms with van der Waals surface area (Å²) in [6, 6.07) is 5.62. The third kappa shape index (κ3) is 8.89. The first-order valence-electron chi connectivity index (χ1n) is 14.4. The Balaban J connectivity index is 1.29. The number of hydrogen-bond donors (Lipinski definition) is 1. The third-order valence-electron chi connectivity index (χ3n) is 7.68. The molecule has 2 aliphatic rings. The smallest absolute Gasteiger partial charge is 0.408 e. The molecule has 2 aliphatic heterocycles. The first-order valence-corrected chi connectivity index (χ1v) is 14.8. The molecule has 230 valence electrons. The predicted octanol–water partition coefficient (Wildman–Crippen LogP) is 5.89. The first kappa shape index (κ1) is 31.7. The van der Waals surface area contributed by atoms with Gasteiger partial charge in [0.1, 0.15) is 17.4 Å². The monoisotopic (exact) mass is 607 g/mol. The molecule has 2 saturated heterocycles. The normalized spacial score (nSPS) is 18.8. The van der Waals surface area contributed by atoms with E-state index < -0.39 is 42.5 Å². The van der Waals surface area contributed by atoms with Gasteiger partial charge in [-0.15, -0.1) is 0 Å². The number of carbonyl (C=O) groups is 2. The maximum Gasteiger partial charge on any atom is 0.408 e. The molecule has 1 unspecified atom stereocenters. The van der Waals surface area contributed by atoms with Crippen LogP contribution in [0.4, 0.5) is 19.5 Å². The van der Waals surface area contributed by atoms with E-state index >= 15 is 0 Å². The molecule has 3 heterocycles. The zero-order valence-electron chi connectivity index (χ0n) is 24.6. The van der Waals surface area contributed by atoms with Crippen LogP contribution in [0.3, 0.4) is 0 Å². The van der Waals surface area contributed by atoms with E-state index in [1.807, 2.05) is 0 Å². The Labute approximate surface area is 250 Å². The summed E-state index contributed by atoms with van der Waals surface area (Å²) >= 11 is 5.90. The number of alkyl carbamates (subject to hydrolysis) is 1. The van der Waals surface area contributed by atoms with Gasteiger partial charge in [0.25, 0.3) is 5.92 Å². The molecule has 0 aliphatic carbocycles. The number of alkyl halides is 2. The van der Waals surface area contributed by atoms with E-state index in [-0.39, 0.29) is 6.54 Å². The number of likely N-dealkylation sites (tertiary alicyclic amines) is 1. The topological polar surface area (TPSA) is 96.9 Å². The number of piperidine rings is 1. The minimum atomic E-state index is -2.94. The highest BCUT2D eigenvalue weighted by atomic mass is 35.5. The van der Waals surface area contributed by atoms with Crippen LogP contribution in [0.25, 0.3) is 0 Å². The molecular formula is C30H40ClF2N5O4. The quantitative estimate of drug-likeness (QED) is 0.380. The lowest BCUT2D eigenvalue weighted by atomic mass is 9.84. The lowest BCUT2D eigenvalue weighted by molar-refractivity contribution is -0.134. The highest BCUT2D eigenvalue weighted by molar-refractivity contribution is 6.30. The highest BCUT2D eigenvalue weighted by Crippen LogP contribution is 2.31. The van der Waals surface area contributed by atoms with Gasteiger partial charge in [-0.3, -0.25) is 4.79 Å². The molecule has 42 heavy (non-hydrogen) atoms. The highest BCUT2D eigenvalue weighted by Gasteiger charge is 2.42. The van der Waals surface area contributed by atoms with Crippen molar-refractivity contribution in [2.75, 3.05) is 37.7 Å². The van der Waals surface area contributed by atoms with Gasteiger partial charge >= 0.3 is 6.09 Å². The SMILES string of the molecule is CC(CCOc1ccc([C@H](NC(=O)OC(C)(C)C)C(=O)N2CCC(F)(F)C2)cc1)C1CCN(c2ncc(Cl)cn2)CC1. The number of rotatable bonds is 9. The third-order valence-corrected chi connectivity index (χ3v) is 7.87. The number of amides is 2. The molecule has 2 atom stereocenters. The molecule has 4 rings (SSSR count). The predicted molar refractivity (Wildman–Crippen MR) is 156 cm³/mol. The number of carbonyl (C=O) groups excluding carboxylic acids is 2. The summed E-state index contributed by atoms with van der Waals surface area (Å²) in [6.07, 6.45) is 5.01. The number of nitrogens with zero attached hydrogens (tertiary/aromatic N) is 4. The average molecular weight is 608 g/mol. The second-order valence-electron chi connectivity index (χ2n) is 12.2. The van der Waals surface area contributed by atoms with E-state index in [0.29, 0.717) is 40.7 Å². The molecule has 1 aromatic heterocycles. The van der Waals surface area contributed by atoms with Gasteiger partial charge in [0.2, 0.25) is 11.9 Å². The first-order chi connectivity index (χ1) is 19.8. The number of halogens is 3. The van der Waals surface area contributed by atoms with Gasteiger partial charge < -0.3 is 24.6 Å². The minimum Gasteiger partial charge on any atom is -0.494 e. The number of nitrogens with one attached hydrogen (secondary N) is 1. The van der Waals surface area contributed by atoms with E-state index in [4.69, 9.17) is 21.1 Å². The van der Waals surface area contributed by atoms with Crippen LogP contribution in [-0.4, -0.2) is 71.2 Å². The molecule has 0 bridgehead atoms. The Morgan fingerprint density at radius 3 is 2.33 bits per heavy atom. The number of anilines is 1. The van der Waals surface area contributed by atoms with Gasteiger partial charge in [0.15, 0.2) is 0 Å². The van der Waals surface area contributed by atoms with Crippen molar-refractivity contribution in [2.24, 2.45) is 11.8 Å². The molecule has 0 saturated carbocycles. The van der Waals surface area contributed by atoms with E-state index in [9.17, 15) is 18.4 Å². The molecule has 1 aromatic carbocycles. The van der Waals surface area contributed by atoms with Crippen LogP contribution in [0.2, 0.25) is 5.02 Å². The average Bonchev–Trinajstić information content (AvgIpc) is 3.31. The van der Waals surface area contributed by atoms with Gasteiger partial charge in [-0.2, -0.15) is 0 Å². The fraction of sp³-hybridized carbons (Fsp3) is 0.600. The number of hydrogen-bond acceptors (Lipinski definition) is 7. The summed E-state index contributed by atoms with van der Waals surface area (Å²) in [6.45, 7) is 8.92. The molecule has 2 amide bonds. The number of aromatic nitrogens is 2. The molecule has 9 nitrogen and oxygen atoms in total. The largest absolute Gasteiger partial charge is 0.494 e. The zero-order valence-corrected chi connectivity index (χ0v) is 25.4. The zero-order chi connectivity index (χ0) is 30.5. The van der Waals surface area contributed by atoms with Crippen LogP contribution in [0, 0.1) is 11.8 Å².